The van der Waals surface area contributed by atoms with Crippen LogP contribution in [0.15, 0.2) is 57.6 Å². The number of allylic oxidation sites excluding steroid dienone is 2. The molecule has 0 aliphatic carbocycles. The van der Waals surface area contributed by atoms with Gasteiger partial charge in [-0.3, -0.25) is 9.89 Å². The van der Waals surface area contributed by atoms with Crippen LogP contribution in [0.3, 0.4) is 0 Å². The van der Waals surface area contributed by atoms with E-state index in [0.717, 1.165) is 16.5 Å². The van der Waals surface area contributed by atoms with E-state index in [1.54, 1.807) is 6.20 Å². The minimum atomic E-state index is -0.535. The highest BCUT2D eigenvalue weighted by atomic mass is 16.5. The zero-order valence-electron chi connectivity index (χ0n) is 18.4. The van der Waals surface area contributed by atoms with Crippen molar-refractivity contribution in [1.29, 1.82) is 0 Å². The Morgan fingerprint density at radius 1 is 1.28 bits per heavy atom. The topological polar surface area (TPSA) is 88.4 Å². The van der Waals surface area contributed by atoms with Gasteiger partial charge in [0.15, 0.2) is 5.58 Å². The molecule has 0 bridgehead atoms. The van der Waals surface area contributed by atoms with Crippen LogP contribution in [0.5, 0.6) is 11.5 Å². The van der Waals surface area contributed by atoms with Gasteiger partial charge in [0.1, 0.15) is 28.7 Å². The maximum atomic E-state index is 13.6. The summed E-state index contributed by atoms with van der Waals surface area (Å²) in [6, 6.07) is 5.59. The molecule has 1 aliphatic rings. The molecule has 0 unspecified atom stereocenters. The molecule has 32 heavy (non-hydrogen) atoms. The number of phenols is 1. The first-order chi connectivity index (χ1) is 15.2. The number of aromatic nitrogens is 2. The Hall–Kier alpha value is -3.80. The van der Waals surface area contributed by atoms with Gasteiger partial charge in [-0.2, -0.15) is 5.10 Å². The standard InChI is InChI=1S/C26H24N2O4/c1-14(2)5-8-17-22(29)21-23(30)19(15-6-7-16-12-27-28-20(16)11-15)13-31-25(21)18-9-10-26(3,4)32-24(17)18/h5-7,9-13,29H,8H2,1-4H3,(H,27,28). The second-order valence-corrected chi connectivity index (χ2v) is 8.95. The van der Waals surface area contributed by atoms with Crippen LogP contribution < -0.4 is 10.2 Å². The number of H-pyrrole nitrogens is 1. The van der Waals surface area contributed by atoms with E-state index in [9.17, 15) is 9.90 Å². The minimum Gasteiger partial charge on any atom is -0.507 e. The van der Waals surface area contributed by atoms with Crippen molar-refractivity contribution in [2.24, 2.45) is 0 Å². The number of hydrogen-bond donors (Lipinski definition) is 2. The summed E-state index contributed by atoms with van der Waals surface area (Å²) in [6.07, 6.45) is 9.46. The number of phenolic OH excluding ortho intramolecular Hbond substituents is 1. The number of benzene rings is 2. The summed E-state index contributed by atoms with van der Waals surface area (Å²) >= 11 is 0. The van der Waals surface area contributed by atoms with Gasteiger partial charge in [0, 0.05) is 10.9 Å². The molecule has 2 N–H and O–H groups in total. The van der Waals surface area contributed by atoms with Crippen LogP contribution in [0, 0.1) is 0 Å². The molecule has 5 rings (SSSR count). The van der Waals surface area contributed by atoms with Gasteiger partial charge in [-0.15, -0.1) is 0 Å². The lowest BCUT2D eigenvalue weighted by Crippen LogP contribution is -2.28. The summed E-state index contributed by atoms with van der Waals surface area (Å²) in [5, 5.41) is 19.3. The number of nitrogens with one attached hydrogen (secondary N) is 1. The van der Waals surface area contributed by atoms with E-state index >= 15 is 0 Å². The van der Waals surface area contributed by atoms with Gasteiger partial charge >= 0.3 is 0 Å². The molecule has 1 aliphatic heterocycles. The van der Waals surface area contributed by atoms with Gasteiger partial charge in [-0.1, -0.05) is 23.8 Å². The summed E-state index contributed by atoms with van der Waals surface area (Å²) in [4.78, 5) is 13.6. The molecule has 0 atom stereocenters. The van der Waals surface area contributed by atoms with Crippen molar-refractivity contribution in [2.75, 3.05) is 0 Å². The Balaban J connectivity index is 1.80. The number of fused-ring (bicyclic) bond motifs is 4. The number of aromatic hydroxyl groups is 1. The predicted molar refractivity (Wildman–Crippen MR) is 126 cm³/mol. The van der Waals surface area contributed by atoms with E-state index in [-0.39, 0.29) is 16.6 Å². The fourth-order valence-electron chi connectivity index (χ4n) is 4.05. The third-order valence-corrected chi connectivity index (χ3v) is 5.76. The number of aromatic amines is 1. The molecule has 2 aromatic carbocycles. The minimum absolute atomic E-state index is 0.0967. The van der Waals surface area contributed by atoms with Crippen LogP contribution in [-0.2, 0) is 6.42 Å². The molecule has 0 spiro atoms. The van der Waals surface area contributed by atoms with Crippen molar-refractivity contribution >= 4 is 27.9 Å². The first kappa shape index (κ1) is 20.1. The van der Waals surface area contributed by atoms with E-state index in [1.807, 2.05) is 64.1 Å². The molecular formula is C26H24N2O4. The van der Waals surface area contributed by atoms with Crippen LogP contribution in [0.4, 0.5) is 0 Å². The lowest BCUT2D eigenvalue weighted by Gasteiger charge is -2.30. The van der Waals surface area contributed by atoms with Crippen molar-refractivity contribution in [2.45, 2.75) is 39.7 Å². The van der Waals surface area contributed by atoms with Crippen molar-refractivity contribution in [3.05, 3.63) is 69.7 Å². The number of rotatable bonds is 3. The van der Waals surface area contributed by atoms with Gasteiger partial charge < -0.3 is 14.3 Å². The van der Waals surface area contributed by atoms with E-state index in [4.69, 9.17) is 9.15 Å². The largest absolute Gasteiger partial charge is 0.507 e. The predicted octanol–water partition coefficient (Wildman–Crippen LogP) is 5.73. The molecule has 6 heteroatoms. The van der Waals surface area contributed by atoms with Crippen molar-refractivity contribution in [3.8, 4) is 22.6 Å². The molecule has 0 amide bonds. The molecular weight excluding hydrogens is 404 g/mol. The fraction of sp³-hybridized carbons (Fsp3) is 0.231. The highest BCUT2D eigenvalue weighted by Crippen LogP contribution is 2.44. The maximum Gasteiger partial charge on any atom is 0.204 e. The van der Waals surface area contributed by atoms with Crippen LogP contribution in [0.2, 0.25) is 0 Å². The Kier molecular flexibility index (Phi) is 4.48. The Morgan fingerprint density at radius 3 is 2.88 bits per heavy atom. The molecule has 3 heterocycles. The Morgan fingerprint density at radius 2 is 2.09 bits per heavy atom. The highest BCUT2D eigenvalue weighted by molar-refractivity contribution is 5.97. The van der Waals surface area contributed by atoms with E-state index in [2.05, 4.69) is 10.2 Å². The van der Waals surface area contributed by atoms with Gasteiger partial charge in [-0.25, -0.2) is 0 Å². The number of hydrogen-bond acceptors (Lipinski definition) is 5. The monoisotopic (exact) mass is 428 g/mol. The second-order valence-electron chi connectivity index (χ2n) is 8.95. The van der Waals surface area contributed by atoms with Gasteiger partial charge in [0.2, 0.25) is 5.43 Å². The Labute approximate surface area is 184 Å². The molecule has 2 aromatic heterocycles. The smallest absolute Gasteiger partial charge is 0.204 e. The summed E-state index contributed by atoms with van der Waals surface area (Å²) in [5.41, 5.74) is 3.74. The Bertz CT molecular complexity index is 1500. The van der Waals surface area contributed by atoms with Crippen LogP contribution in [0.25, 0.3) is 39.1 Å². The first-order valence-electron chi connectivity index (χ1n) is 10.5. The second kappa shape index (κ2) is 7.12. The average Bonchev–Trinajstić information content (AvgIpc) is 3.20. The van der Waals surface area contributed by atoms with Gasteiger partial charge in [0.25, 0.3) is 0 Å². The van der Waals surface area contributed by atoms with Crippen molar-refractivity contribution in [3.63, 3.8) is 0 Å². The fourth-order valence-corrected chi connectivity index (χ4v) is 4.05. The maximum absolute atomic E-state index is 13.6. The summed E-state index contributed by atoms with van der Waals surface area (Å²) < 4.78 is 12.2. The summed E-state index contributed by atoms with van der Waals surface area (Å²) in [6.45, 7) is 7.88. The van der Waals surface area contributed by atoms with Crippen molar-refractivity contribution in [1.82, 2.24) is 10.2 Å². The quantitative estimate of drug-likeness (QED) is 0.407. The molecule has 0 saturated carbocycles. The molecule has 0 saturated heterocycles. The first-order valence-corrected chi connectivity index (χ1v) is 10.5. The zero-order valence-corrected chi connectivity index (χ0v) is 18.4. The molecule has 0 radical (unpaired) electrons. The SMILES string of the molecule is CC(C)=CCc1c2c(c3occ(-c4ccc5cn[nH]c5c4)c(=O)c3c1O)C=CC(C)(C)O2. The number of ether oxygens (including phenoxy) is 1. The summed E-state index contributed by atoms with van der Waals surface area (Å²) in [7, 11) is 0. The lowest BCUT2D eigenvalue weighted by atomic mass is 9.93. The number of nitrogens with zero attached hydrogens (tertiary/aromatic N) is 1. The molecule has 4 aromatic rings. The third-order valence-electron chi connectivity index (χ3n) is 5.76. The molecule has 162 valence electrons. The lowest BCUT2D eigenvalue weighted by molar-refractivity contribution is 0.157. The van der Waals surface area contributed by atoms with Crippen LogP contribution >= 0.6 is 0 Å². The normalized spacial score (nSPS) is 14.4. The van der Waals surface area contributed by atoms with E-state index in [0.29, 0.717) is 40.0 Å². The van der Waals surface area contributed by atoms with Crippen LogP contribution in [0.1, 0.15) is 38.8 Å². The van der Waals surface area contributed by atoms with Crippen molar-refractivity contribution < 1.29 is 14.3 Å². The van der Waals surface area contributed by atoms with Crippen LogP contribution in [-0.4, -0.2) is 20.9 Å². The zero-order chi connectivity index (χ0) is 22.6. The van der Waals surface area contributed by atoms with Gasteiger partial charge in [0.05, 0.1) is 22.8 Å². The third kappa shape index (κ3) is 3.19. The van der Waals surface area contributed by atoms with E-state index < -0.39 is 5.60 Å². The highest BCUT2D eigenvalue weighted by Gasteiger charge is 2.30. The summed E-state index contributed by atoms with van der Waals surface area (Å²) in [5.74, 6) is 0.454. The molecule has 6 nitrogen and oxygen atoms in total. The molecule has 0 fully saturated rings. The van der Waals surface area contributed by atoms with Gasteiger partial charge in [-0.05, 0) is 57.9 Å². The average molecular weight is 428 g/mol. The van der Waals surface area contributed by atoms with E-state index in [1.165, 1.54) is 6.26 Å².